The van der Waals surface area contributed by atoms with Crippen LogP contribution >= 0.6 is 0 Å². The molecule has 2 unspecified atom stereocenters. The molecular weight excluding hydrogens is 275 g/mol. The quantitative estimate of drug-likeness (QED) is 0.740. The monoisotopic (exact) mass is 295 g/mol. The van der Waals surface area contributed by atoms with E-state index in [2.05, 4.69) is 5.32 Å². The van der Waals surface area contributed by atoms with Gasteiger partial charge in [0, 0.05) is 18.9 Å². The van der Waals surface area contributed by atoms with E-state index >= 15 is 0 Å². The highest BCUT2D eigenvalue weighted by Crippen LogP contribution is 2.37. The molecule has 4 nitrogen and oxygen atoms in total. The third-order valence-corrected chi connectivity index (χ3v) is 3.55. The molecule has 0 saturated heterocycles. The highest BCUT2D eigenvalue weighted by molar-refractivity contribution is 5.76. The zero-order chi connectivity index (χ0) is 15.2. The van der Waals surface area contributed by atoms with Crippen LogP contribution in [-0.4, -0.2) is 29.2 Å². The molecule has 0 aromatic carbocycles. The van der Waals surface area contributed by atoms with Gasteiger partial charge in [-0.3, -0.25) is 9.59 Å². The number of halogens is 3. The molecule has 0 spiro atoms. The van der Waals surface area contributed by atoms with E-state index in [1.165, 1.54) is 0 Å². The summed E-state index contributed by atoms with van der Waals surface area (Å²) < 4.78 is 37.8. The summed E-state index contributed by atoms with van der Waals surface area (Å²) in [5.74, 6) is -2.53. The zero-order valence-electron chi connectivity index (χ0n) is 11.2. The molecule has 116 valence electrons. The van der Waals surface area contributed by atoms with Gasteiger partial charge in [-0.2, -0.15) is 13.2 Å². The fraction of sp³-hybridized carbons (Fsp3) is 0.846. The van der Waals surface area contributed by atoms with E-state index in [9.17, 15) is 22.8 Å². The van der Waals surface area contributed by atoms with Crippen LogP contribution in [0.3, 0.4) is 0 Å². The van der Waals surface area contributed by atoms with Crippen LogP contribution in [0.15, 0.2) is 0 Å². The van der Waals surface area contributed by atoms with Gasteiger partial charge in [0.25, 0.3) is 0 Å². The van der Waals surface area contributed by atoms with E-state index in [1.54, 1.807) is 0 Å². The molecule has 0 aromatic heterocycles. The lowest BCUT2D eigenvalue weighted by Gasteiger charge is -2.31. The van der Waals surface area contributed by atoms with Crippen molar-refractivity contribution in [3.63, 3.8) is 0 Å². The van der Waals surface area contributed by atoms with Crippen LogP contribution < -0.4 is 5.32 Å². The Morgan fingerprint density at radius 3 is 2.40 bits per heavy atom. The highest BCUT2D eigenvalue weighted by atomic mass is 19.4. The van der Waals surface area contributed by atoms with Gasteiger partial charge in [0.15, 0.2) is 0 Å². The number of unbranched alkanes of at least 4 members (excludes halogenated alkanes) is 1. The Labute approximate surface area is 115 Å². The highest BCUT2D eigenvalue weighted by Gasteiger charge is 2.42. The summed E-state index contributed by atoms with van der Waals surface area (Å²) >= 11 is 0. The van der Waals surface area contributed by atoms with Gasteiger partial charge >= 0.3 is 12.1 Å². The Morgan fingerprint density at radius 1 is 1.15 bits per heavy atom. The van der Waals surface area contributed by atoms with E-state index < -0.39 is 24.1 Å². The van der Waals surface area contributed by atoms with Crippen LogP contribution in [0.4, 0.5) is 13.2 Å². The van der Waals surface area contributed by atoms with Crippen LogP contribution in [0.1, 0.15) is 51.4 Å². The maximum atomic E-state index is 12.6. The summed E-state index contributed by atoms with van der Waals surface area (Å²) in [6.45, 7) is 0. The van der Waals surface area contributed by atoms with Gasteiger partial charge in [-0.15, -0.1) is 0 Å². The lowest BCUT2D eigenvalue weighted by atomic mass is 9.85. The summed E-state index contributed by atoms with van der Waals surface area (Å²) in [6, 6.07) is -0.414. The van der Waals surface area contributed by atoms with Crippen molar-refractivity contribution >= 4 is 11.9 Å². The molecule has 0 aliphatic heterocycles. The molecule has 2 atom stereocenters. The lowest BCUT2D eigenvalue weighted by molar-refractivity contribution is -0.184. The number of nitrogens with one attached hydrogen (secondary N) is 1. The fourth-order valence-electron chi connectivity index (χ4n) is 2.48. The second kappa shape index (κ2) is 7.50. The van der Waals surface area contributed by atoms with E-state index in [0.717, 1.165) is 0 Å². The Morgan fingerprint density at radius 2 is 1.80 bits per heavy atom. The first kappa shape index (κ1) is 16.8. The van der Waals surface area contributed by atoms with Gasteiger partial charge in [0.2, 0.25) is 5.91 Å². The molecule has 7 heteroatoms. The maximum Gasteiger partial charge on any atom is 0.391 e. The van der Waals surface area contributed by atoms with Crippen LogP contribution in [0.25, 0.3) is 0 Å². The first-order valence-electron chi connectivity index (χ1n) is 6.87. The van der Waals surface area contributed by atoms with E-state index in [0.29, 0.717) is 25.7 Å². The molecule has 2 N–H and O–H groups in total. The normalized spacial score (nSPS) is 23.4. The predicted octanol–water partition coefficient (Wildman–Crippen LogP) is 2.87. The molecule has 1 saturated carbocycles. The molecule has 0 radical (unpaired) electrons. The SMILES string of the molecule is O=C(O)CCCCC(=O)NC1CCCC(C(F)(F)F)C1. The molecule has 0 aromatic rings. The number of alkyl halides is 3. The summed E-state index contributed by atoms with van der Waals surface area (Å²) in [5.41, 5.74) is 0. The third kappa shape index (κ3) is 6.25. The van der Waals surface area contributed by atoms with Gasteiger partial charge in [0.05, 0.1) is 5.92 Å². The standard InChI is InChI=1S/C13H20F3NO3/c14-13(15,16)9-4-3-5-10(8-9)17-11(18)6-1-2-7-12(19)20/h9-10H,1-8H2,(H,17,18)(H,19,20). The lowest BCUT2D eigenvalue weighted by Crippen LogP contribution is -2.41. The number of carbonyl (C=O) groups excluding carboxylic acids is 1. The second-order valence-electron chi connectivity index (χ2n) is 5.27. The molecule has 0 heterocycles. The molecule has 1 aliphatic carbocycles. The van der Waals surface area contributed by atoms with Crippen LogP contribution in [0.5, 0.6) is 0 Å². The summed E-state index contributed by atoms with van der Waals surface area (Å²) in [7, 11) is 0. The Bertz CT molecular complexity index is 344. The second-order valence-corrected chi connectivity index (χ2v) is 5.27. The number of hydrogen-bond donors (Lipinski definition) is 2. The van der Waals surface area contributed by atoms with Gasteiger partial charge in [-0.1, -0.05) is 6.42 Å². The number of amides is 1. The molecule has 1 fully saturated rings. The molecule has 1 amide bonds. The van der Waals surface area contributed by atoms with Gasteiger partial charge < -0.3 is 10.4 Å². The topological polar surface area (TPSA) is 66.4 Å². The average Bonchev–Trinajstić information content (AvgIpc) is 2.34. The van der Waals surface area contributed by atoms with Crippen LogP contribution in [-0.2, 0) is 9.59 Å². The summed E-state index contributed by atoms with van der Waals surface area (Å²) in [4.78, 5) is 21.9. The van der Waals surface area contributed by atoms with Crippen molar-refractivity contribution in [2.75, 3.05) is 0 Å². The zero-order valence-corrected chi connectivity index (χ0v) is 11.2. The van der Waals surface area contributed by atoms with Crippen molar-refractivity contribution in [2.24, 2.45) is 5.92 Å². The minimum Gasteiger partial charge on any atom is -0.481 e. The predicted molar refractivity (Wildman–Crippen MR) is 66.0 cm³/mol. The van der Waals surface area contributed by atoms with Crippen molar-refractivity contribution in [2.45, 2.75) is 63.6 Å². The largest absolute Gasteiger partial charge is 0.481 e. The Hall–Kier alpha value is -1.27. The van der Waals surface area contributed by atoms with Crippen LogP contribution in [0, 0.1) is 5.92 Å². The van der Waals surface area contributed by atoms with Crippen LogP contribution in [0.2, 0.25) is 0 Å². The number of rotatable bonds is 6. The first-order valence-corrected chi connectivity index (χ1v) is 6.87. The molecule has 1 aliphatic rings. The first-order chi connectivity index (χ1) is 9.29. The number of carboxylic acids is 1. The Balaban J connectivity index is 2.26. The fourth-order valence-corrected chi connectivity index (χ4v) is 2.48. The molecule has 1 rings (SSSR count). The summed E-state index contributed by atoms with van der Waals surface area (Å²) in [6.07, 6.45) is -2.05. The van der Waals surface area contributed by atoms with Crippen molar-refractivity contribution in [1.82, 2.24) is 5.32 Å². The van der Waals surface area contributed by atoms with E-state index in [4.69, 9.17) is 5.11 Å². The third-order valence-electron chi connectivity index (χ3n) is 3.55. The maximum absolute atomic E-state index is 12.6. The van der Waals surface area contributed by atoms with Gasteiger partial charge in [-0.05, 0) is 32.1 Å². The molecule has 20 heavy (non-hydrogen) atoms. The number of carbonyl (C=O) groups is 2. The Kier molecular flexibility index (Phi) is 6.29. The van der Waals surface area contributed by atoms with Crippen molar-refractivity contribution in [1.29, 1.82) is 0 Å². The minimum atomic E-state index is -4.19. The number of aliphatic carboxylic acids is 1. The van der Waals surface area contributed by atoms with E-state index in [1.807, 2.05) is 0 Å². The van der Waals surface area contributed by atoms with Crippen molar-refractivity contribution < 1.29 is 27.9 Å². The molecular formula is C13H20F3NO3. The number of hydrogen-bond acceptors (Lipinski definition) is 2. The average molecular weight is 295 g/mol. The molecule has 0 bridgehead atoms. The van der Waals surface area contributed by atoms with Gasteiger partial charge in [-0.25, -0.2) is 0 Å². The number of carboxylic acid groups (broad SMARTS) is 1. The smallest absolute Gasteiger partial charge is 0.391 e. The van der Waals surface area contributed by atoms with Crippen molar-refractivity contribution in [3.05, 3.63) is 0 Å². The van der Waals surface area contributed by atoms with Crippen molar-refractivity contribution in [3.8, 4) is 0 Å². The van der Waals surface area contributed by atoms with E-state index in [-0.39, 0.29) is 31.6 Å². The minimum absolute atomic E-state index is 0.00680. The van der Waals surface area contributed by atoms with Gasteiger partial charge in [0.1, 0.15) is 0 Å². The summed E-state index contributed by atoms with van der Waals surface area (Å²) in [5, 5.41) is 11.1.